The van der Waals surface area contributed by atoms with Crippen LogP contribution in [-0.2, 0) is 0 Å². The Balaban J connectivity index is 1.45. The molecule has 3 aliphatic rings. The number of benzene rings is 1. The quantitative estimate of drug-likeness (QED) is 0.570. The first-order valence-electron chi connectivity index (χ1n) is 13.6. The van der Waals surface area contributed by atoms with Crippen molar-refractivity contribution in [3.8, 4) is 0 Å². The van der Waals surface area contributed by atoms with Gasteiger partial charge in [0.15, 0.2) is 0 Å². The lowest BCUT2D eigenvalue weighted by atomic mass is 9.84. The van der Waals surface area contributed by atoms with Gasteiger partial charge in [0.2, 0.25) is 0 Å². The van der Waals surface area contributed by atoms with Gasteiger partial charge in [-0.2, -0.15) is 0 Å². The van der Waals surface area contributed by atoms with Crippen LogP contribution < -0.4 is 10.2 Å². The zero-order chi connectivity index (χ0) is 21.5. The summed E-state index contributed by atoms with van der Waals surface area (Å²) in [6.07, 6.45) is 20.1. The minimum atomic E-state index is 0.304. The Bertz CT molecular complexity index is 654. The maximum Gasteiger partial charge on any atom is 0.0803 e. The minimum Gasteiger partial charge on any atom is -0.349 e. The molecule has 1 aliphatic carbocycles. The lowest BCUT2D eigenvalue weighted by molar-refractivity contribution is 0.106. The summed E-state index contributed by atoms with van der Waals surface area (Å²) in [5, 5.41) is 3.96. The second kappa shape index (κ2) is 11.2. The topological polar surface area (TPSA) is 18.5 Å². The molecule has 2 saturated heterocycles. The molecule has 1 aromatic rings. The molecule has 0 bridgehead atoms. The monoisotopic (exact) mass is 425 g/mol. The van der Waals surface area contributed by atoms with Crippen molar-refractivity contribution in [3.63, 3.8) is 0 Å². The van der Waals surface area contributed by atoms with Crippen LogP contribution in [0.1, 0.15) is 102 Å². The van der Waals surface area contributed by atoms with Crippen molar-refractivity contribution in [2.24, 2.45) is 0 Å². The Kier molecular flexibility index (Phi) is 8.34. The van der Waals surface area contributed by atoms with Crippen molar-refractivity contribution < 1.29 is 0 Å². The van der Waals surface area contributed by atoms with E-state index in [2.05, 4.69) is 53.2 Å². The zero-order valence-corrected chi connectivity index (χ0v) is 20.4. The fourth-order valence-electron chi connectivity index (χ4n) is 6.55. The van der Waals surface area contributed by atoms with Crippen LogP contribution in [0.25, 0.3) is 0 Å². The molecule has 31 heavy (non-hydrogen) atoms. The predicted molar refractivity (Wildman–Crippen MR) is 134 cm³/mol. The first-order chi connectivity index (χ1) is 15.2. The van der Waals surface area contributed by atoms with Crippen molar-refractivity contribution >= 4 is 5.69 Å². The first-order valence-corrected chi connectivity index (χ1v) is 13.6. The molecule has 1 atom stereocenters. The Hall–Kier alpha value is -1.06. The molecule has 3 fully saturated rings. The van der Waals surface area contributed by atoms with Crippen LogP contribution in [0.4, 0.5) is 5.69 Å². The number of hydrogen-bond donors (Lipinski definition) is 1. The SMILES string of the molecule is CCCCC1NCC2(CCN(C3CCCCCCCCC3)CC2)N1c1cccc(C)c1. The van der Waals surface area contributed by atoms with E-state index in [-0.39, 0.29) is 0 Å². The van der Waals surface area contributed by atoms with Crippen LogP contribution in [0.3, 0.4) is 0 Å². The smallest absolute Gasteiger partial charge is 0.0803 e. The molecule has 0 radical (unpaired) electrons. The Morgan fingerprint density at radius 2 is 1.65 bits per heavy atom. The van der Waals surface area contributed by atoms with E-state index in [0.717, 1.165) is 12.6 Å². The number of piperidine rings is 1. The van der Waals surface area contributed by atoms with Gasteiger partial charge in [-0.25, -0.2) is 0 Å². The van der Waals surface area contributed by atoms with Crippen LogP contribution >= 0.6 is 0 Å². The maximum atomic E-state index is 3.96. The maximum absolute atomic E-state index is 3.96. The minimum absolute atomic E-state index is 0.304. The Morgan fingerprint density at radius 3 is 2.29 bits per heavy atom. The second-order valence-corrected chi connectivity index (χ2v) is 10.7. The molecule has 1 aromatic carbocycles. The van der Waals surface area contributed by atoms with Gasteiger partial charge in [0.25, 0.3) is 0 Å². The highest BCUT2D eigenvalue weighted by Crippen LogP contribution is 2.40. The van der Waals surface area contributed by atoms with Gasteiger partial charge in [0.1, 0.15) is 0 Å². The fourth-order valence-corrected chi connectivity index (χ4v) is 6.55. The van der Waals surface area contributed by atoms with E-state index in [1.807, 2.05) is 0 Å². The average molecular weight is 426 g/mol. The van der Waals surface area contributed by atoms with Crippen molar-refractivity contribution in [3.05, 3.63) is 29.8 Å². The summed E-state index contributed by atoms with van der Waals surface area (Å²) < 4.78 is 0. The molecule has 1 spiro atoms. The first kappa shape index (κ1) is 23.1. The third-order valence-corrected chi connectivity index (χ3v) is 8.42. The molecule has 4 rings (SSSR count). The third kappa shape index (κ3) is 5.66. The van der Waals surface area contributed by atoms with Gasteiger partial charge in [-0.05, 0) is 56.7 Å². The second-order valence-electron chi connectivity index (χ2n) is 10.7. The molecule has 1 saturated carbocycles. The molecule has 0 aromatic heterocycles. The molecule has 2 heterocycles. The average Bonchev–Trinajstić information content (AvgIpc) is 3.14. The van der Waals surface area contributed by atoms with E-state index in [0.29, 0.717) is 11.7 Å². The van der Waals surface area contributed by atoms with Gasteiger partial charge in [0, 0.05) is 31.4 Å². The van der Waals surface area contributed by atoms with Gasteiger partial charge in [-0.3, -0.25) is 5.32 Å². The lowest BCUT2D eigenvalue weighted by Crippen LogP contribution is -2.57. The molecule has 2 aliphatic heterocycles. The summed E-state index contributed by atoms with van der Waals surface area (Å²) in [5.74, 6) is 0. The van der Waals surface area contributed by atoms with Gasteiger partial charge in [0.05, 0.1) is 11.7 Å². The van der Waals surface area contributed by atoms with Gasteiger partial charge in [-0.1, -0.05) is 76.8 Å². The number of unbranched alkanes of at least 4 members (excludes halogenated alkanes) is 1. The van der Waals surface area contributed by atoms with Crippen LogP contribution in [-0.4, -0.2) is 42.3 Å². The summed E-state index contributed by atoms with van der Waals surface area (Å²) in [4.78, 5) is 5.71. The van der Waals surface area contributed by atoms with Crippen molar-refractivity contribution in [2.45, 2.75) is 121 Å². The van der Waals surface area contributed by atoms with E-state index in [1.165, 1.54) is 114 Å². The largest absolute Gasteiger partial charge is 0.349 e. The molecule has 1 N–H and O–H groups in total. The highest BCUT2D eigenvalue weighted by Gasteiger charge is 2.48. The Morgan fingerprint density at radius 1 is 0.968 bits per heavy atom. The summed E-state index contributed by atoms with van der Waals surface area (Å²) >= 11 is 0. The van der Waals surface area contributed by atoms with Gasteiger partial charge in [-0.15, -0.1) is 0 Å². The van der Waals surface area contributed by atoms with Crippen LogP contribution in [0, 0.1) is 6.92 Å². The van der Waals surface area contributed by atoms with E-state index < -0.39 is 0 Å². The zero-order valence-electron chi connectivity index (χ0n) is 20.4. The standard InChI is InChI=1S/C28H47N3/c1-3-4-17-27-29-23-28(31(27)26-16-12-13-24(2)22-26)18-20-30(21-19-28)25-14-10-8-6-5-7-9-11-15-25/h12-13,16,22,25,27,29H,3-11,14-15,17-21,23H2,1-2H3. The van der Waals surface area contributed by atoms with Gasteiger partial charge < -0.3 is 9.80 Å². The van der Waals surface area contributed by atoms with Gasteiger partial charge >= 0.3 is 0 Å². The number of rotatable bonds is 5. The summed E-state index contributed by atoms with van der Waals surface area (Å²) in [6, 6.07) is 10.1. The summed E-state index contributed by atoms with van der Waals surface area (Å²) in [6.45, 7) is 8.29. The molecule has 1 unspecified atom stereocenters. The molecule has 174 valence electrons. The summed E-state index contributed by atoms with van der Waals surface area (Å²) in [7, 11) is 0. The lowest BCUT2D eigenvalue weighted by Gasteiger charge is -2.48. The number of likely N-dealkylation sites (tertiary alicyclic amines) is 1. The molecule has 3 nitrogen and oxygen atoms in total. The molecule has 3 heteroatoms. The van der Waals surface area contributed by atoms with Crippen LogP contribution in [0.2, 0.25) is 0 Å². The highest BCUT2D eigenvalue weighted by molar-refractivity contribution is 5.53. The van der Waals surface area contributed by atoms with Crippen molar-refractivity contribution in [1.29, 1.82) is 0 Å². The number of aryl methyl sites for hydroxylation is 1. The number of anilines is 1. The van der Waals surface area contributed by atoms with Crippen molar-refractivity contribution in [2.75, 3.05) is 24.5 Å². The number of nitrogens with one attached hydrogen (secondary N) is 1. The fraction of sp³-hybridized carbons (Fsp3) is 0.786. The Labute approximate surface area is 192 Å². The molecular weight excluding hydrogens is 378 g/mol. The van der Waals surface area contributed by atoms with E-state index in [1.54, 1.807) is 0 Å². The summed E-state index contributed by atoms with van der Waals surface area (Å²) in [5.41, 5.74) is 3.13. The van der Waals surface area contributed by atoms with Crippen molar-refractivity contribution in [1.82, 2.24) is 10.2 Å². The van der Waals surface area contributed by atoms with E-state index >= 15 is 0 Å². The van der Waals surface area contributed by atoms with E-state index in [9.17, 15) is 0 Å². The number of hydrogen-bond acceptors (Lipinski definition) is 3. The van der Waals surface area contributed by atoms with E-state index in [4.69, 9.17) is 0 Å². The van der Waals surface area contributed by atoms with Crippen LogP contribution in [0.5, 0.6) is 0 Å². The third-order valence-electron chi connectivity index (χ3n) is 8.42. The molecular formula is C28H47N3. The highest BCUT2D eigenvalue weighted by atomic mass is 15.4. The molecule has 0 amide bonds. The number of nitrogens with zero attached hydrogens (tertiary/aromatic N) is 2. The predicted octanol–water partition coefficient (Wildman–Crippen LogP) is 6.65. The normalized spacial score (nSPS) is 26.4. The van der Waals surface area contributed by atoms with Crippen LogP contribution in [0.15, 0.2) is 24.3 Å².